The third-order valence-electron chi connectivity index (χ3n) is 5.52. The van der Waals surface area contributed by atoms with Crippen LogP contribution in [0.2, 0.25) is 0 Å². The van der Waals surface area contributed by atoms with Gasteiger partial charge in [-0.25, -0.2) is 13.1 Å². The van der Waals surface area contributed by atoms with Gasteiger partial charge in [-0.3, -0.25) is 9.69 Å². The summed E-state index contributed by atoms with van der Waals surface area (Å²) in [5, 5.41) is 2.85. The van der Waals surface area contributed by atoms with Gasteiger partial charge in [-0.05, 0) is 34.7 Å². The van der Waals surface area contributed by atoms with Gasteiger partial charge in [-0.15, -0.1) is 0 Å². The van der Waals surface area contributed by atoms with Gasteiger partial charge in [0.1, 0.15) is 0 Å². The number of carbonyl (C=O) groups is 1. The van der Waals surface area contributed by atoms with Crippen molar-refractivity contribution in [3.05, 3.63) is 65.2 Å². The van der Waals surface area contributed by atoms with E-state index in [4.69, 9.17) is 4.74 Å². The van der Waals surface area contributed by atoms with E-state index in [1.165, 1.54) is 5.56 Å². The first-order valence-electron chi connectivity index (χ1n) is 11.1. The second-order valence-corrected chi connectivity index (χ2v) is 10.1. The highest BCUT2D eigenvalue weighted by molar-refractivity contribution is 7.89. The Balaban J connectivity index is 1.39. The second kappa shape index (κ2) is 11.6. The van der Waals surface area contributed by atoms with Crippen LogP contribution in [0.1, 0.15) is 42.9 Å². The number of nitrogens with zero attached hydrogens (tertiary/aromatic N) is 1. The molecule has 7 nitrogen and oxygen atoms in total. The summed E-state index contributed by atoms with van der Waals surface area (Å²) < 4.78 is 32.7. The first-order valence-corrected chi connectivity index (χ1v) is 12.6. The van der Waals surface area contributed by atoms with Gasteiger partial charge < -0.3 is 10.1 Å². The monoisotopic (exact) mass is 459 g/mol. The van der Waals surface area contributed by atoms with Crippen LogP contribution in [0, 0.1) is 0 Å². The summed E-state index contributed by atoms with van der Waals surface area (Å²) in [5.74, 6) is 0.143. The lowest BCUT2D eigenvalue weighted by molar-refractivity contribution is -0.121. The van der Waals surface area contributed by atoms with Gasteiger partial charge in [-0.1, -0.05) is 50.2 Å². The van der Waals surface area contributed by atoms with Crippen LogP contribution in [0.25, 0.3) is 0 Å². The molecule has 174 valence electrons. The summed E-state index contributed by atoms with van der Waals surface area (Å²) in [6, 6.07) is 15.0. The van der Waals surface area contributed by atoms with Gasteiger partial charge in [0.25, 0.3) is 0 Å². The molecule has 1 amide bonds. The van der Waals surface area contributed by atoms with Crippen LogP contribution in [0.15, 0.2) is 53.4 Å². The molecular formula is C24H33N3O4S. The maximum Gasteiger partial charge on any atom is 0.240 e. The number of ether oxygens (including phenoxy) is 1. The van der Waals surface area contributed by atoms with Crippen molar-refractivity contribution in [1.29, 1.82) is 0 Å². The number of nitrogens with one attached hydrogen (secondary N) is 2. The Morgan fingerprint density at radius 3 is 2.25 bits per heavy atom. The molecule has 1 fully saturated rings. The molecular weight excluding hydrogens is 426 g/mol. The average molecular weight is 460 g/mol. The standard InChI is InChI=1S/C24H33N3O4S/c1-19(2)22-7-9-23(10-8-22)32(29,30)26-12-11-24(28)25-17-20-3-5-21(6-4-20)18-27-13-15-31-16-14-27/h3-10,19,26H,11-18H2,1-2H3,(H,25,28). The van der Waals surface area contributed by atoms with Crippen molar-refractivity contribution in [2.45, 2.75) is 44.2 Å². The Morgan fingerprint density at radius 2 is 1.62 bits per heavy atom. The molecule has 32 heavy (non-hydrogen) atoms. The molecule has 2 aromatic carbocycles. The Labute approximate surface area is 191 Å². The maximum atomic E-state index is 12.4. The molecule has 3 rings (SSSR count). The number of carbonyl (C=O) groups excluding carboxylic acids is 1. The van der Waals surface area contributed by atoms with Crippen LogP contribution in [0.5, 0.6) is 0 Å². The van der Waals surface area contributed by atoms with Crippen LogP contribution in [0.3, 0.4) is 0 Å². The quantitative estimate of drug-likeness (QED) is 0.570. The summed E-state index contributed by atoms with van der Waals surface area (Å²) in [7, 11) is -3.62. The molecule has 0 unspecified atom stereocenters. The predicted octanol–water partition coefficient (Wildman–Crippen LogP) is 2.63. The van der Waals surface area contributed by atoms with E-state index in [0.717, 1.165) is 44.0 Å². The SMILES string of the molecule is CC(C)c1ccc(S(=O)(=O)NCCC(=O)NCc2ccc(CN3CCOCC3)cc2)cc1. The van der Waals surface area contributed by atoms with E-state index in [1.807, 2.05) is 24.3 Å². The third-order valence-corrected chi connectivity index (χ3v) is 7.00. The van der Waals surface area contributed by atoms with E-state index >= 15 is 0 Å². The lowest BCUT2D eigenvalue weighted by Gasteiger charge is -2.26. The molecule has 1 aliphatic heterocycles. The highest BCUT2D eigenvalue weighted by Crippen LogP contribution is 2.17. The Bertz CT molecular complexity index is 967. The van der Waals surface area contributed by atoms with Crippen molar-refractivity contribution in [3.63, 3.8) is 0 Å². The zero-order chi connectivity index (χ0) is 23.0. The number of sulfonamides is 1. The lowest BCUT2D eigenvalue weighted by atomic mass is 10.0. The van der Waals surface area contributed by atoms with Gasteiger partial charge in [0.15, 0.2) is 0 Å². The van der Waals surface area contributed by atoms with Crippen LogP contribution in [-0.2, 0) is 32.6 Å². The average Bonchev–Trinajstić information content (AvgIpc) is 2.79. The molecule has 0 atom stereocenters. The van der Waals surface area contributed by atoms with E-state index in [2.05, 4.69) is 40.9 Å². The molecule has 1 heterocycles. The molecule has 8 heteroatoms. The number of amides is 1. The Hall–Kier alpha value is -2.26. The predicted molar refractivity (Wildman–Crippen MR) is 125 cm³/mol. The van der Waals surface area contributed by atoms with Crippen molar-refractivity contribution in [2.75, 3.05) is 32.8 Å². The van der Waals surface area contributed by atoms with Crippen molar-refractivity contribution in [1.82, 2.24) is 14.9 Å². The van der Waals surface area contributed by atoms with E-state index in [1.54, 1.807) is 12.1 Å². The molecule has 0 bridgehead atoms. The Kier molecular flexibility index (Phi) is 8.81. The van der Waals surface area contributed by atoms with Crippen LogP contribution in [-0.4, -0.2) is 52.1 Å². The van der Waals surface area contributed by atoms with Gasteiger partial charge in [0, 0.05) is 39.1 Å². The fourth-order valence-corrected chi connectivity index (χ4v) is 4.52. The van der Waals surface area contributed by atoms with Crippen molar-refractivity contribution >= 4 is 15.9 Å². The van der Waals surface area contributed by atoms with E-state index in [-0.39, 0.29) is 23.8 Å². The zero-order valence-electron chi connectivity index (χ0n) is 18.8. The molecule has 1 saturated heterocycles. The number of hydrogen-bond donors (Lipinski definition) is 2. The summed E-state index contributed by atoms with van der Waals surface area (Å²) in [5.41, 5.74) is 3.32. The topological polar surface area (TPSA) is 87.7 Å². The van der Waals surface area contributed by atoms with Crippen LogP contribution < -0.4 is 10.0 Å². The van der Waals surface area contributed by atoms with Gasteiger partial charge in [0.05, 0.1) is 18.1 Å². The minimum Gasteiger partial charge on any atom is -0.379 e. The molecule has 0 spiro atoms. The molecule has 2 N–H and O–H groups in total. The van der Waals surface area contributed by atoms with Crippen molar-refractivity contribution in [2.24, 2.45) is 0 Å². The smallest absolute Gasteiger partial charge is 0.240 e. The van der Waals surface area contributed by atoms with Crippen molar-refractivity contribution < 1.29 is 17.9 Å². The maximum absolute atomic E-state index is 12.4. The molecule has 1 aliphatic rings. The van der Waals surface area contributed by atoms with Crippen molar-refractivity contribution in [3.8, 4) is 0 Å². The molecule has 0 radical (unpaired) electrons. The number of benzene rings is 2. The van der Waals surface area contributed by atoms with E-state index in [0.29, 0.717) is 12.5 Å². The highest BCUT2D eigenvalue weighted by Gasteiger charge is 2.15. The van der Waals surface area contributed by atoms with Gasteiger partial charge in [0.2, 0.25) is 15.9 Å². The van der Waals surface area contributed by atoms with Crippen LogP contribution in [0.4, 0.5) is 0 Å². The third kappa shape index (κ3) is 7.41. The molecule has 0 aromatic heterocycles. The number of rotatable bonds is 10. The Morgan fingerprint density at radius 1 is 1.00 bits per heavy atom. The summed E-state index contributed by atoms with van der Waals surface area (Å²) in [4.78, 5) is 14.7. The largest absolute Gasteiger partial charge is 0.379 e. The minimum absolute atomic E-state index is 0.0542. The number of morpholine rings is 1. The normalized spacial score (nSPS) is 15.1. The summed E-state index contributed by atoms with van der Waals surface area (Å²) >= 11 is 0. The van der Waals surface area contributed by atoms with E-state index in [9.17, 15) is 13.2 Å². The van der Waals surface area contributed by atoms with Gasteiger partial charge in [-0.2, -0.15) is 0 Å². The second-order valence-electron chi connectivity index (χ2n) is 8.35. The number of hydrogen-bond acceptors (Lipinski definition) is 5. The summed E-state index contributed by atoms with van der Waals surface area (Å²) in [6.45, 7) is 8.94. The summed E-state index contributed by atoms with van der Waals surface area (Å²) in [6.07, 6.45) is 0.0818. The lowest BCUT2D eigenvalue weighted by Crippen LogP contribution is -2.35. The van der Waals surface area contributed by atoms with Gasteiger partial charge >= 0.3 is 0 Å². The molecule has 0 aliphatic carbocycles. The molecule has 0 saturated carbocycles. The van der Waals surface area contributed by atoms with Crippen LogP contribution >= 0.6 is 0 Å². The fraction of sp³-hybridized carbons (Fsp3) is 0.458. The highest BCUT2D eigenvalue weighted by atomic mass is 32.2. The minimum atomic E-state index is -3.62. The zero-order valence-corrected chi connectivity index (χ0v) is 19.7. The van der Waals surface area contributed by atoms with E-state index < -0.39 is 10.0 Å². The first kappa shape index (κ1) is 24.4. The molecule has 2 aromatic rings. The first-order chi connectivity index (χ1) is 15.3. The fourth-order valence-electron chi connectivity index (χ4n) is 3.48.